The molecule has 0 spiro atoms. The highest BCUT2D eigenvalue weighted by Crippen LogP contribution is 2.12. The molecule has 2 N–H and O–H groups in total. The van der Waals surface area contributed by atoms with E-state index in [0.717, 1.165) is 0 Å². The Morgan fingerprint density at radius 2 is 1.75 bits per heavy atom. The number of hydrogen-bond acceptors (Lipinski definition) is 3. The fourth-order valence-electron chi connectivity index (χ4n) is 1.31. The molecule has 1 rings (SSSR count). The highest BCUT2D eigenvalue weighted by molar-refractivity contribution is 5.78. The van der Waals surface area contributed by atoms with Gasteiger partial charge in [-0.15, -0.1) is 0 Å². The summed E-state index contributed by atoms with van der Waals surface area (Å²) in [6.45, 7) is 4.13. The molecule has 1 saturated heterocycles. The topological polar surface area (TPSA) is 60.8 Å². The third kappa shape index (κ3) is 1.76. The van der Waals surface area contributed by atoms with Crippen LogP contribution in [0.1, 0.15) is 13.8 Å². The lowest BCUT2D eigenvalue weighted by Crippen LogP contribution is -2.33. The van der Waals surface area contributed by atoms with Gasteiger partial charge in [0.2, 0.25) is 5.91 Å². The summed E-state index contributed by atoms with van der Waals surface area (Å²) < 4.78 is 0. The molecule has 0 aliphatic carbocycles. The number of carbonyl (C=O) groups is 1. The van der Waals surface area contributed by atoms with E-state index in [-0.39, 0.29) is 24.9 Å². The van der Waals surface area contributed by atoms with E-state index in [2.05, 4.69) is 0 Å². The van der Waals surface area contributed by atoms with E-state index >= 15 is 0 Å². The minimum absolute atomic E-state index is 0.00870. The van der Waals surface area contributed by atoms with Crippen LogP contribution >= 0.6 is 0 Å². The second-order valence-corrected chi connectivity index (χ2v) is 3.53. The van der Waals surface area contributed by atoms with Crippen molar-refractivity contribution in [1.29, 1.82) is 0 Å². The van der Waals surface area contributed by atoms with Crippen molar-refractivity contribution >= 4 is 5.91 Å². The first-order valence-corrected chi connectivity index (χ1v) is 4.17. The number of β-amino-alcohol motifs (C(OH)–C–C–N with tert-alkyl or cyclic N) is 2. The van der Waals surface area contributed by atoms with Gasteiger partial charge >= 0.3 is 0 Å². The van der Waals surface area contributed by atoms with Crippen LogP contribution in [0.5, 0.6) is 0 Å². The molecule has 0 aromatic heterocycles. The van der Waals surface area contributed by atoms with Crippen molar-refractivity contribution in [2.75, 3.05) is 13.1 Å². The van der Waals surface area contributed by atoms with Gasteiger partial charge < -0.3 is 15.1 Å². The molecule has 70 valence electrons. The number of rotatable bonds is 1. The third-order valence-electron chi connectivity index (χ3n) is 2.06. The van der Waals surface area contributed by atoms with E-state index < -0.39 is 12.2 Å². The van der Waals surface area contributed by atoms with Crippen LogP contribution in [0.3, 0.4) is 0 Å². The molecule has 0 saturated carbocycles. The Morgan fingerprint density at radius 3 is 2.08 bits per heavy atom. The van der Waals surface area contributed by atoms with E-state index in [1.807, 2.05) is 0 Å². The van der Waals surface area contributed by atoms with Crippen molar-refractivity contribution in [1.82, 2.24) is 4.90 Å². The number of carbonyl (C=O) groups excluding carboxylic acids is 1. The summed E-state index contributed by atoms with van der Waals surface area (Å²) in [6.07, 6.45) is -1.54. The van der Waals surface area contributed by atoms with Crippen LogP contribution in [0.15, 0.2) is 0 Å². The van der Waals surface area contributed by atoms with Crippen LogP contribution in [0.2, 0.25) is 0 Å². The van der Waals surface area contributed by atoms with Crippen molar-refractivity contribution < 1.29 is 15.0 Å². The normalized spacial score (nSPS) is 29.9. The van der Waals surface area contributed by atoms with Crippen molar-refractivity contribution in [3.05, 3.63) is 0 Å². The van der Waals surface area contributed by atoms with Gasteiger partial charge in [-0.05, 0) is 0 Å². The van der Waals surface area contributed by atoms with Gasteiger partial charge in [0.05, 0.1) is 12.2 Å². The summed E-state index contributed by atoms with van der Waals surface area (Å²) in [7, 11) is 0. The van der Waals surface area contributed by atoms with Crippen LogP contribution < -0.4 is 0 Å². The lowest BCUT2D eigenvalue weighted by Gasteiger charge is -2.17. The molecule has 12 heavy (non-hydrogen) atoms. The molecule has 1 heterocycles. The number of aliphatic hydroxyl groups is 2. The predicted octanol–water partition coefficient (Wildman–Crippen LogP) is -0.794. The first kappa shape index (κ1) is 9.48. The molecule has 2 atom stereocenters. The molecule has 0 aromatic rings. The lowest BCUT2D eigenvalue weighted by molar-refractivity contribution is -0.133. The van der Waals surface area contributed by atoms with E-state index in [0.29, 0.717) is 0 Å². The highest BCUT2D eigenvalue weighted by Gasteiger charge is 2.33. The number of hydrogen-bond donors (Lipinski definition) is 2. The van der Waals surface area contributed by atoms with Crippen LogP contribution in [0, 0.1) is 5.92 Å². The molecular formula is C8H15NO3. The van der Waals surface area contributed by atoms with E-state index in [4.69, 9.17) is 10.2 Å². The minimum atomic E-state index is -0.771. The summed E-state index contributed by atoms with van der Waals surface area (Å²) in [6, 6.07) is 0. The summed E-state index contributed by atoms with van der Waals surface area (Å²) in [5.41, 5.74) is 0. The zero-order valence-electron chi connectivity index (χ0n) is 7.40. The number of likely N-dealkylation sites (tertiary alicyclic amines) is 1. The van der Waals surface area contributed by atoms with Crippen LogP contribution in [0.4, 0.5) is 0 Å². The van der Waals surface area contributed by atoms with E-state index in [1.54, 1.807) is 13.8 Å². The number of aliphatic hydroxyl groups excluding tert-OH is 2. The monoisotopic (exact) mass is 173 g/mol. The Bertz CT molecular complexity index is 171. The fraction of sp³-hybridized carbons (Fsp3) is 0.875. The van der Waals surface area contributed by atoms with Gasteiger partial charge in [-0.3, -0.25) is 4.79 Å². The van der Waals surface area contributed by atoms with Gasteiger partial charge in [0.15, 0.2) is 0 Å². The predicted molar refractivity (Wildman–Crippen MR) is 43.4 cm³/mol. The summed E-state index contributed by atoms with van der Waals surface area (Å²) in [5.74, 6) is -0.0758. The summed E-state index contributed by atoms with van der Waals surface area (Å²) in [5, 5.41) is 18.3. The molecule has 1 fully saturated rings. The Hall–Kier alpha value is -0.610. The second kappa shape index (κ2) is 3.41. The fourth-order valence-corrected chi connectivity index (χ4v) is 1.31. The Balaban J connectivity index is 2.52. The van der Waals surface area contributed by atoms with Crippen LogP contribution in [-0.4, -0.2) is 46.3 Å². The zero-order chi connectivity index (χ0) is 9.30. The third-order valence-corrected chi connectivity index (χ3v) is 2.06. The van der Waals surface area contributed by atoms with Gasteiger partial charge in [0.25, 0.3) is 0 Å². The van der Waals surface area contributed by atoms with Gasteiger partial charge in [0, 0.05) is 19.0 Å². The molecule has 1 aliphatic heterocycles. The van der Waals surface area contributed by atoms with Gasteiger partial charge in [-0.25, -0.2) is 0 Å². The van der Waals surface area contributed by atoms with Crippen molar-refractivity contribution in [2.45, 2.75) is 26.1 Å². The molecule has 0 unspecified atom stereocenters. The molecule has 0 aromatic carbocycles. The van der Waals surface area contributed by atoms with Crippen molar-refractivity contribution in [2.24, 2.45) is 5.92 Å². The molecule has 1 amide bonds. The van der Waals surface area contributed by atoms with E-state index in [1.165, 1.54) is 4.90 Å². The molecular weight excluding hydrogens is 158 g/mol. The quantitative estimate of drug-likeness (QED) is 0.546. The van der Waals surface area contributed by atoms with Crippen LogP contribution in [-0.2, 0) is 4.79 Å². The summed E-state index contributed by atoms with van der Waals surface area (Å²) >= 11 is 0. The van der Waals surface area contributed by atoms with E-state index in [9.17, 15) is 4.79 Å². The summed E-state index contributed by atoms with van der Waals surface area (Å²) in [4.78, 5) is 12.8. The standard InChI is InChI=1S/C8H15NO3/c1-5(2)8(12)9-3-6(10)7(11)4-9/h5-7,10-11H,3-4H2,1-2H3/t6-,7-/m0/s1. The Morgan fingerprint density at radius 1 is 1.33 bits per heavy atom. The average Bonchev–Trinajstić information content (AvgIpc) is 2.30. The molecule has 4 heteroatoms. The maximum absolute atomic E-state index is 11.3. The van der Waals surface area contributed by atoms with Crippen LogP contribution in [0.25, 0.3) is 0 Å². The number of nitrogens with zero attached hydrogens (tertiary/aromatic N) is 1. The van der Waals surface area contributed by atoms with Gasteiger partial charge in [-0.2, -0.15) is 0 Å². The second-order valence-electron chi connectivity index (χ2n) is 3.53. The average molecular weight is 173 g/mol. The minimum Gasteiger partial charge on any atom is -0.388 e. The van der Waals surface area contributed by atoms with Crippen molar-refractivity contribution in [3.8, 4) is 0 Å². The Labute approximate surface area is 71.8 Å². The lowest BCUT2D eigenvalue weighted by atomic mass is 10.2. The molecule has 1 aliphatic rings. The largest absolute Gasteiger partial charge is 0.388 e. The maximum Gasteiger partial charge on any atom is 0.225 e. The SMILES string of the molecule is CC(C)C(=O)N1C[C@H](O)[C@@H](O)C1. The molecule has 0 radical (unpaired) electrons. The Kier molecular flexibility index (Phi) is 2.69. The molecule has 4 nitrogen and oxygen atoms in total. The highest BCUT2D eigenvalue weighted by atomic mass is 16.3. The first-order valence-electron chi connectivity index (χ1n) is 4.17. The van der Waals surface area contributed by atoms with Gasteiger partial charge in [0.1, 0.15) is 0 Å². The number of amides is 1. The van der Waals surface area contributed by atoms with Crippen molar-refractivity contribution in [3.63, 3.8) is 0 Å². The first-order chi connectivity index (χ1) is 5.52. The zero-order valence-corrected chi connectivity index (χ0v) is 7.40. The molecule has 0 bridgehead atoms. The smallest absolute Gasteiger partial charge is 0.225 e. The maximum atomic E-state index is 11.3. The van der Waals surface area contributed by atoms with Gasteiger partial charge in [-0.1, -0.05) is 13.8 Å².